The number of aryl methyl sites for hydroxylation is 1. The van der Waals surface area contributed by atoms with E-state index in [9.17, 15) is 0 Å². The lowest BCUT2D eigenvalue weighted by atomic mass is 9.94. The van der Waals surface area contributed by atoms with Gasteiger partial charge >= 0.3 is 0 Å². The van der Waals surface area contributed by atoms with E-state index in [2.05, 4.69) is 94.0 Å². The Kier molecular flexibility index (Phi) is 6.81. The molecule has 0 aliphatic rings. The monoisotopic (exact) mass is 336 g/mol. The molecule has 1 unspecified atom stereocenters. The Bertz CT molecular complexity index is 699. The van der Waals surface area contributed by atoms with Crippen LogP contribution in [0.5, 0.6) is 0 Å². The summed E-state index contributed by atoms with van der Waals surface area (Å²) in [5.41, 5.74) is 6.19. The second-order valence-corrected chi connectivity index (χ2v) is 7.32. The van der Waals surface area contributed by atoms with E-state index in [1.165, 1.54) is 35.1 Å². The summed E-state index contributed by atoms with van der Waals surface area (Å²) in [5.74, 6) is 0.635. The Morgan fingerprint density at radius 1 is 1.00 bits per heavy atom. The summed E-state index contributed by atoms with van der Waals surface area (Å²) in [7, 11) is 2.05. The van der Waals surface area contributed by atoms with Crippen LogP contribution < -0.4 is 0 Å². The fourth-order valence-electron chi connectivity index (χ4n) is 2.87. The van der Waals surface area contributed by atoms with Crippen LogP contribution in [0.3, 0.4) is 0 Å². The van der Waals surface area contributed by atoms with Gasteiger partial charge < -0.3 is 4.90 Å². The van der Waals surface area contributed by atoms with Crippen LogP contribution in [0.15, 0.2) is 47.5 Å². The summed E-state index contributed by atoms with van der Waals surface area (Å²) in [6.07, 6.45) is 4.39. The molecule has 2 nitrogen and oxygen atoms in total. The fourth-order valence-corrected chi connectivity index (χ4v) is 2.87. The van der Waals surface area contributed by atoms with Crippen molar-refractivity contribution < 1.29 is 0 Å². The molecule has 0 aliphatic heterocycles. The van der Waals surface area contributed by atoms with E-state index in [0.717, 1.165) is 5.69 Å². The molecule has 0 fully saturated rings. The molecule has 0 saturated heterocycles. The first kappa shape index (κ1) is 19.2. The maximum Gasteiger partial charge on any atom is 0.0912 e. The summed E-state index contributed by atoms with van der Waals surface area (Å²) < 4.78 is 0. The maximum absolute atomic E-state index is 4.62. The summed E-state index contributed by atoms with van der Waals surface area (Å²) in [6.45, 7) is 11.0. The van der Waals surface area contributed by atoms with Gasteiger partial charge in [-0.25, -0.2) is 4.99 Å². The average Bonchev–Trinajstić information content (AvgIpc) is 2.60. The highest BCUT2D eigenvalue weighted by Gasteiger charge is 2.06. The topological polar surface area (TPSA) is 15.6 Å². The van der Waals surface area contributed by atoms with Crippen molar-refractivity contribution >= 4 is 12.0 Å². The van der Waals surface area contributed by atoms with E-state index in [1.54, 1.807) is 0 Å². The molecule has 0 radical (unpaired) electrons. The van der Waals surface area contributed by atoms with Gasteiger partial charge in [-0.3, -0.25) is 0 Å². The maximum atomic E-state index is 4.62. The van der Waals surface area contributed by atoms with Gasteiger partial charge in [0.05, 0.1) is 12.0 Å². The second-order valence-electron chi connectivity index (χ2n) is 7.32. The third-order valence-electron chi connectivity index (χ3n) is 4.93. The lowest BCUT2D eigenvalue weighted by molar-refractivity contribution is 0.429. The van der Waals surface area contributed by atoms with Crippen LogP contribution in [0, 0.1) is 6.92 Å². The van der Waals surface area contributed by atoms with Gasteiger partial charge in [-0.1, -0.05) is 50.6 Å². The molecule has 2 rings (SSSR count). The summed E-state index contributed by atoms with van der Waals surface area (Å²) in [4.78, 5) is 6.74. The molecule has 0 spiro atoms. The van der Waals surface area contributed by atoms with Crippen molar-refractivity contribution in [3.05, 3.63) is 53.6 Å². The molecule has 0 heterocycles. The zero-order valence-electron chi connectivity index (χ0n) is 16.6. The standard InChI is InChI=1S/C23H32N2/c1-7-8-18(4)20-9-11-21(12-10-20)22-13-14-23(19(5)15-22)24-16-25(6)17(2)3/h9-18H,7-8H2,1-6H3/b24-16-. The van der Waals surface area contributed by atoms with E-state index in [0.29, 0.717) is 12.0 Å². The number of rotatable bonds is 7. The highest BCUT2D eigenvalue weighted by molar-refractivity contribution is 5.70. The van der Waals surface area contributed by atoms with E-state index in [1.807, 2.05) is 6.34 Å². The number of benzene rings is 2. The second kappa shape index (κ2) is 8.84. The van der Waals surface area contributed by atoms with Gasteiger partial charge in [-0.15, -0.1) is 0 Å². The highest BCUT2D eigenvalue weighted by Crippen LogP contribution is 2.28. The Labute approximate surface area is 153 Å². The lowest BCUT2D eigenvalue weighted by Gasteiger charge is -2.17. The van der Waals surface area contributed by atoms with E-state index in [4.69, 9.17) is 0 Å². The summed E-state index contributed by atoms with van der Waals surface area (Å²) in [5, 5.41) is 0. The van der Waals surface area contributed by atoms with Crippen LogP contribution in [0.25, 0.3) is 11.1 Å². The SMILES string of the molecule is CCCC(C)c1ccc(-c2ccc(/N=C\N(C)C(C)C)c(C)c2)cc1. The molecule has 0 amide bonds. The van der Waals surface area contributed by atoms with Gasteiger partial charge in [0.2, 0.25) is 0 Å². The third-order valence-corrected chi connectivity index (χ3v) is 4.93. The van der Waals surface area contributed by atoms with Crippen LogP contribution in [0.1, 0.15) is 57.6 Å². The van der Waals surface area contributed by atoms with Crippen molar-refractivity contribution in [1.82, 2.24) is 4.90 Å². The van der Waals surface area contributed by atoms with E-state index in [-0.39, 0.29) is 0 Å². The molecule has 0 bridgehead atoms. The minimum Gasteiger partial charge on any atom is -0.363 e. The average molecular weight is 337 g/mol. The van der Waals surface area contributed by atoms with Gasteiger partial charge in [0.25, 0.3) is 0 Å². The van der Waals surface area contributed by atoms with Crippen LogP contribution in [0.2, 0.25) is 0 Å². The van der Waals surface area contributed by atoms with Crippen molar-refractivity contribution in [2.24, 2.45) is 4.99 Å². The quantitative estimate of drug-likeness (QED) is 0.412. The van der Waals surface area contributed by atoms with Crippen molar-refractivity contribution in [1.29, 1.82) is 0 Å². The Morgan fingerprint density at radius 2 is 1.64 bits per heavy atom. The molecular formula is C23H32N2. The van der Waals surface area contributed by atoms with Crippen LogP contribution >= 0.6 is 0 Å². The molecule has 134 valence electrons. The van der Waals surface area contributed by atoms with Crippen molar-refractivity contribution in [3.63, 3.8) is 0 Å². The molecule has 0 saturated carbocycles. The highest BCUT2D eigenvalue weighted by atomic mass is 15.1. The molecule has 25 heavy (non-hydrogen) atoms. The molecule has 0 N–H and O–H groups in total. The number of hydrogen-bond donors (Lipinski definition) is 0. The molecule has 0 aromatic heterocycles. The first-order valence-electron chi connectivity index (χ1n) is 9.39. The zero-order chi connectivity index (χ0) is 18.4. The van der Waals surface area contributed by atoms with Gasteiger partial charge in [0.15, 0.2) is 0 Å². The Hall–Kier alpha value is -2.09. The minimum atomic E-state index is 0.456. The van der Waals surface area contributed by atoms with Gasteiger partial charge in [-0.2, -0.15) is 0 Å². The first-order chi connectivity index (χ1) is 11.9. The van der Waals surface area contributed by atoms with E-state index < -0.39 is 0 Å². The summed E-state index contributed by atoms with van der Waals surface area (Å²) in [6, 6.07) is 16.0. The molecule has 2 heteroatoms. The molecular weight excluding hydrogens is 304 g/mol. The van der Waals surface area contributed by atoms with Gasteiger partial charge in [0, 0.05) is 13.1 Å². The zero-order valence-corrected chi connectivity index (χ0v) is 16.6. The molecule has 0 aliphatic carbocycles. The molecule has 2 aromatic carbocycles. The lowest BCUT2D eigenvalue weighted by Crippen LogP contribution is -2.24. The normalized spacial score (nSPS) is 12.8. The predicted molar refractivity (Wildman–Crippen MR) is 111 cm³/mol. The Balaban J connectivity index is 2.17. The van der Waals surface area contributed by atoms with E-state index >= 15 is 0 Å². The Morgan fingerprint density at radius 3 is 2.20 bits per heavy atom. The third kappa shape index (κ3) is 5.19. The van der Waals surface area contributed by atoms with Crippen molar-refractivity contribution in [2.45, 2.75) is 59.4 Å². The van der Waals surface area contributed by atoms with Gasteiger partial charge in [0.1, 0.15) is 0 Å². The van der Waals surface area contributed by atoms with Crippen molar-refractivity contribution in [3.8, 4) is 11.1 Å². The van der Waals surface area contributed by atoms with Gasteiger partial charge in [-0.05, 0) is 67.5 Å². The van der Waals surface area contributed by atoms with Crippen LogP contribution in [0.4, 0.5) is 5.69 Å². The smallest absolute Gasteiger partial charge is 0.0912 e. The number of hydrogen-bond acceptors (Lipinski definition) is 1. The van der Waals surface area contributed by atoms with Crippen LogP contribution in [-0.2, 0) is 0 Å². The minimum absolute atomic E-state index is 0.456. The fraction of sp³-hybridized carbons (Fsp3) is 0.435. The first-order valence-corrected chi connectivity index (χ1v) is 9.39. The predicted octanol–water partition coefficient (Wildman–Crippen LogP) is 6.57. The largest absolute Gasteiger partial charge is 0.363 e. The molecule has 2 aromatic rings. The summed E-state index contributed by atoms with van der Waals surface area (Å²) >= 11 is 0. The number of nitrogens with zero attached hydrogens (tertiary/aromatic N) is 2. The van der Waals surface area contributed by atoms with Crippen molar-refractivity contribution in [2.75, 3.05) is 7.05 Å². The number of aliphatic imine (C=N–C) groups is 1. The molecule has 1 atom stereocenters. The van der Waals surface area contributed by atoms with Crippen LogP contribution in [-0.4, -0.2) is 24.3 Å².